The van der Waals surface area contributed by atoms with Crippen molar-refractivity contribution in [2.24, 2.45) is 17.3 Å². The van der Waals surface area contributed by atoms with Crippen LogP contribution in [0.2, 0.25) is 0 Å². The third kappa shape index (κ3) is 2.36. The van der Waals surface area contributed by atoms with Crippen molar-refractivity contribution in [3.05, 3.63) is 0 Å². The molecule has 0 heterocycles. The van der Waals surface area contributed by atoms with Crippen molar-refractivity contribution >= 4 is 11.9 Å². The first-order chi connectivity index (χ1) is 7.45. The highest BCUT2D eigenvalue weighted by molar-refractivity contribution is 5.99. The number of rotatable bonds is 6. The number of hydrogen-bond donors (Lipinski definition) is 1. The van der Waals surface area contributed by atoms with Crippen LogP contribution in [-0.2, 0) is 14.3 Å². The Morgan fingerprint density at radius 3 is 2.31 bits per heavy atom. The van der Waals surface area contributed by atoms with Crippen molar-refractivity contribution in [3.63, 3.8) is 0 Å². The lowest BCUT2D eigenvalue weighted by Gasteiger charge is -2.30. The molecule has 1 saturated carbocycles. The maximum Gasteiger partial charge on any atom is 0.323 e. The van der Waals surface area contributed by atoms with Crippen molar-refractivity contribution < 1.29 is 19.4 Å². The van der Waals surface area contributed by atoms with Gasteiger partial charge >= 0.3 is 11.9 Å². The molecule has 0 amide bonds. The minimum absolute atomic E-state index is 0.227. The average molecular weight is 228 g/mol. The van der Waals surface area contributed by atoms with Gasteiger partial charge in [0.05, 0.1) is 6.61 Å². The fourth-order valence-electron chi connectivity index (χ4n) is 2.01. The highest BCUT2D eigenvalue weighted by Crippen LogP contribution is 2.45. The lowest BCUT2D eigenvalue weighted by atomic mass is 9.73. The lowest BCUT2D eigenvalue weighted by Crippen LogP contribution is -2.45. The molecule has 1 N–H and O–H groups in total. The summed E-state index contributed by atoms with van der Waals surface area (Å²) in [4.78, 5) is 23.3. The smallest absolute Gasteiger partial charge is 0.323 e. The number of hydrogen-bond acceptors (Lipinski definition) is 3. The molecule has 1 aliphatic rings. The molecule has 0 aliphatic heterocycles. The van der Waals surface area contributed by atoms with Crippen molar-refractivity contribution in [2.45, 2.75) is 40.0 Å². The minimum Gasteiger partial charge on any atom is -0.480 e. The van der Waals surface area contributed by atoms with Crippen LogP contribution in [0.15, 0.2) is 0 Å². The molecular weight excluding hydrogens is 208 g/mol. The molecule has 0 saturated heterocycles. The average Bonchev–Trinajstić information content (AvgIpc) is 2.96. The summed E-state index contributed by atoms with van der Waals surface area (Å²) in [6.45, 7) is 5.47. The number of aliphatic carboxylic acids is 1. The Morgan fingerprint density at radius 1 is 1.44 bits per heavy atom. The zero-order valence-corrected chi connectivity index (χ0v) is 10.2. The molecule has 1 rings (SSSR count). The van der Waals surface area contributed by atoms with Gasteiger partial charge in [0.15, 0.2) is 5.41 Å². The molecule has 16 heavy (non-hydrogen) atoms. The summed E-state index contributed by atoms with van der Waals surface area (Å²) in [6, 6.07) is 0. The van der Waals surface area contributed by atoms with Gasteiger partial charge in [-0.25, -0.2) is 0 Å². The monoisotopic (exact) mass is 228 g/mol. The second kappa shape index (κ2) is 4.85. The standard InChI is InChI=1S/C12H20O4/c1-4-16-11(15)12(8(2)3,10(13)14)7-9-5-6-9/h8-9H,4-7H2,1-3H3,(H,13,14). The summed E-state index contributed by atoms with van der Waals surface area (Å²) in [7, 11) is 0. The van der Waals surface area contributed by atoms with Crippen molar-refractivity contribution in [2.75, 3.05) is 6.61 Å². The normalized spacial score (nSPS) is 19.2. The van der Waals surface area contributed by atoms with E-state index < -0.39 is 17.4 Å². The molecule has 0 spiro atoms. The number of esters is 1. The molecule has 1 fully saturated rings. The zero-order chi connectivity index (χ0) is 12.3. The molecule has 0 aromatic heterocycles. The Balaban J connectivity index is 2.94. The molecule has 0 bridgehead atoms. The molecule has 0 radical (unpaired) electrons. The fraction of sp³-hybridized carbons (Fsp3) is 0.833. The van der Waals surface area contributed by atoms with Gasteiger partial charge in [-0.3, -0.25) is 9.59 Å². The van der Waals surface area contributed by atoms with E-state index in [0.717, 1.165) is 12.8 Å². The number of carbonyl (C=O) groups excluding carboxylic acids is 1. The van der Waals surface area contributed by atoms with Gasteiger partial charge < -0.3 is 9.84 Å². The molecule has 92 valence electrons. The van der Waals surface area contributed by atoms with E-state index in [1.807, 2.05) is 0 Å². The summed E-state index contributed by atoms with van der Waals surface area (Å²) in [5.74, 6) is -1.50. The quantitative estimate of drug-likeness (QED) is 0.558. The topological polar surface area (TPSA) is 63.6 Å². The molecular formula is C12H20O4. The van der Waals surface area contributed by atoms with E-state index in [4.69, 9.17) is 4.74 Å². The third-order valence-electron chi connectivity index (χ3n) is 3.31. The van der Waals surface area contributed by atoms with Crippen LogP contribution in [0.1, 0.15) is 40.0 Å². The van der Waals surface area contributed by atoms with Crippen LogP contribution in [0.3, 0.4) is 0 Å². The van der Waals surface area contributed by atoms with Gasteiger partial charge in [0, 0.05) is 0 Å². The van der Waals surface area contributed by atoms with Crippen LogP contribution >= 0.6 is 0 Å². The van der Waals surface area contributed by atoms with Crippen LogP contribution in [-0.4, -0.2) is 23.7 Å². The molecule has 4 heteroatoms. The fourth-order valence-corrected chi connectivity index (χ4v) is 2.01. The highest BCUT2D eigenvalue weighted by Gasteiger charge is 2.52. The number of carbonyl (C=O) groups is 2. The summed E-state index contributed by atoms with van der Waals surface area (Å²) in [6.07, 6.45) is 2.47. The van der Waals surface area contributed by atoms with Gasteiger partial charge in [0.2, 0.25) is 0 Å². The maximum atomic E-state index is 11.9. The van der Waals surface area contributed by atoms with E-state index in [9.17, 15) is 14.7 Å². The Hall–Kier alpha value is -1.06. The van der Waals surface area contributed by atoms with Crippen LogP contribution in [0.25, 0.3) is 0 Å². The highest BCUT2D eigenvalue weighted by atomic mass is 16.5. The van der Waals surface area contributed by atoms with Crippen LogP contribution in [0.4, 0.5) is 0 Å². The van der Waals surface area contributed by atoms with Gasteiger partial charge in [0.25, 0.3) is 0 Å². The lowest BCUT2D eigenvalue weighted by molar-refractivity contribution is -0.173. The van der Waals surface area contributed by atoms with E-state index in [1.54, 1.807) is 20.8 Å². The van der Waals surface area contributed by atoms with Gasteiger partial charge in [0.1, 0.15) is 0 Å². The van der Waals surface area contributed by atoms with E-state index in [0.29, 0.717) is 12.3 Å². The molecule has 1 aliphatic carbocycles. The minimum atomic E-state index is -1.35. The molecule has 0 aromatic carbocycles. The Kier molecular flexibility index (Phi) is 3.94. The number of ether oxygens (including phenoxy) is 1. The van der Waals surface area contributed by atoms with Crippen molar-refractivity contribution in [1.82, 2.24) is 0 Å². The van der Waals surface area contributed by atoms with Gasteiger partial charge in [-0.1, -0.05) is 26.7 Å². The maximum absolute atomic E-state index is 11.9. The molecule has 0 aromatic rings. The molecule has 1 unspecified atom stereocenters. The molecule has 1 atom stereocenters. The number of carboxylic acid groups (broad SMARTS) is 1. The van der Waals surface area contributed by atoms with E-state index in [2.05, 4.69) is 0 Å². The summed E-state index contributed by atoms with van der Waals surface area (Å²) in [5.41, 5.74) is -1.35. The van der Waals surface area contributed by atoms with Gasteiger partial charge in [-0.15, -0.1) is 0 Å². The second-order valence-electron chi connectivity index (χ2n) is 4.80. The van der Waals surface area contributed by atoms with Crippen molar-refractivity contribution in [3.8, 4) is 0 Å². The van der Waals surface area contributed by atoms with Crippen molar-refractivity contribution in [1.29, 1.82) is 0 Å². The largest absolute Gasteiger partial charge is 0.480 e. The molecule has 4 nitrogen and oxygen atoms in total. The third-order valence-corrected chi connectivity index (χ3v) is 3.31. The Bertz CT molecular complexity index is 281. The Morgan fingerprint density at radius 2 is 2.00 bits per heavy atom. The predicted molar refractivity (Wildman–Crippen MR) is 58.9 cm³/mol. The van der Waals surface area contributed by atoms with E-state index >= 15 is 0 Å². The number of carboxylic acids is 1. The zero-order valence-electron chi connectivity index (χ0n) is 10.2. The van der Waals surface area contributed by atoms with Gasteiger partial charge in [-0.05, 0) is 25.2 Å². The van der Waals surface area contributed by atoms with Crippen LogP contribution in [0, 0.1) is 17.3 Å². The predicted octanol–water partition coefficient (Wildman–Crippen LogP) is 2.08. The van der Waals surface area contributed by atoms with Gasteiger partial charge in [-0.2, -0.15) is 0 Å². The SMILES string of the molecule is CCOC(=O)C(CC1CC1)(C(=O)O)C(C)C. The first kappa shape index (κ1) is 13.0. The first-order valence-corrected chi connectivity index (χ1v) is 5.85. The summed E-state index contributed by atoms with van der Waals surface area (Å²) < 4.78 is 4.94. The van der Waals surface area contributed by atoms with Crippen LogP contribution < -0.4 is 0 Å². The van der Waals surface area contributed by atoms with E-state index in [1.165, 1.54) is 0 Å². The summed E-state index contributed by atoms with van der Waals surface area (Å²) >= 11 is 0. The Labute approximate surface area is 96.0 Å². The van der Waals surface area contributed by atoms with Crippen LogP contribution in [0.5, 0.6) is 0 Å². The first-order valence-electron chi connectivity index (χ1n) is 5.85. The second-order valence-corrected chi connectivity index (χ2v) is 4.80. The summed E-state index contributed by atoms with van der Waals surface area (Å²) in [5, 5.41) is 9.37. The van der Waals surface area contributed by atoms with E-state index in [-0.39, 0.29) is 12.5 Å².